The Balaban J connectivity index is 2.02. The molecule has 0 radical (unpaired) electrons. The lowest BCUT2D eigenvalue weighted by Crippen LogP contribution is -2.25. The van der Waals surface area contributed by atoms with Gasteiger partial charge in [-0.2, -0.15) is 0 Å². The van der Waals surface area contributed by atoms with Crippen LogP contribution in [-0.4, -0.2) is 16.3 Å². The molecule has 0 saturated heterocycles. The normalized spacial score (nSPS) is 15.9. The maximum atomic E-state index is 12.8. The van der Waals surface area contributed by atoms with Gasteiger partial charge in [0.15, 0.2) is 11.5 Å². The smallest absolute Gasteiger partial charge is 0.395 e. The quantitative estimate of drug-likeness (QED) is 0.762. The van der Waals surface area contributed by atoms with Crippen molar-refractivity contribution in [2.75, 3.05) is 0 Å². The van der Waals surface area contributed by atoms with Crippen molar-refractivity contribution >= 4 is 0 Å². The molecule has 0 N–H and O–H groups in total. The van der Waals surface area contributed by atoms with E-state index in [2.05, 4.69) is 19.4 Å². The molecule has 0 fully saturated rings. The number of hydrogen-bond acceptors (Lipinski definition) is 4. The lowest BCUT2D eigenvalue weighted by atomic mass is 10.1. The van der Waals surface area contributed by atoms with Crippen LogP contribution in [0.1, 0.15) is 0 Å². The van der Waals surface area contributed by atoms with E-state index in [1.807, 2.05) is 0 Å². The van der Waals surface area contributed by atoms with Gasteiger partial charge in [-0.15, -0.1) is 8.78 Å². The molecule has 4 nitrogen and oxygen atoms in total. The van der Waals surface area contributed by atoms with Gasteiger partial charge in [0, 0.05) is 18.0 Å². The van der Waals surface area contributed by atoms with Crippen LogP contribution in [0.25, 0.3) is 11.1 Å². The number of rotatable bonds is 1. The van der Waals surface area contributed by atoms with Crippen molar-refractivity contribution in [1.29, 1.82) is 0 Å². The third-order valence-electron chi connectivity index (χ3n) is 2.30. The Morgan fingerprint density at radius 2 is 1.65 bits per heavy atom. The Hall–Kier alpha value is -2.24. The molecule has 6 heteroatoms. The van der Waals surface area contributed by atoms with Crippen LogP contribution < -0.4 is 9.47 Å². The van der Waals surface area contributed by atoms with Crippen molar-refractivity contribution in [3.05, 3.63) is 36.9 Å². The maximum absolute atomic E-state index is 12.8. The highest BCUT2D eigenvalue weighted by Crippen LogP contribution is 2.42. The third-order valence-corrected chi connectivity index (χ3v) is 2.30. The Bertz CT molecular complexity index is 561. The zero-order chi connectivity index (χ0) is 11.9. The second kappa shape index (κ2) is 3.38. The molecule has 1 aliphatic heterocycles. The molecule has 3 rings (SSSR count). The Morgan fingerprint density at radius 1 is 0.941 bits per heavy atom. The van der Waals surface area contributed by atoms with Crippen LogP contribution in [0, 0.1) is 0 Å². The summed E-state index contributed by atoms with van der Waals surface area (Å²) in [6.07, 6.45) is 0.976. The van der Waals surface area contributed by atoms with E-state index < -0.39 is 6.29 Å². The molecule has 0 aliphatic carbocycles. The molecular weight excluding hydrogens is 230 g/mol. The summed E-state index contributed by atoms with van der Waals surface area (Å²) in [5.74, 6) is 0.0342. The van der Waals surface area contributed by atoms with Gasteiger partial charge >= 0.3 is 6.29 Å². The minimum Gasteiger partial charge on any atom is -0.395 e. The van der Waals surface area contributed by atoms with E-state index in [-0.39, 0.29) is 11.5 Å². The monoisotopic (exact) mass is 236 g/mol. The van der Waals surface area contributed by atoms with Gasteiger partial charge in [-0.05, 0) is 17.7 Å². The summed E-state index contributed by atoms with van der Waals surface area (Å²) in [4.78, 5) is 7.70. The largest absolute Gasteiger partial charge is 0.586 e. The molecule has 86 valence electrons. The lowest BCUT2D eigenvalue weighted by molar-refractivity contribution is -0.286. The van der Waals surface area contributed by atoms with Gasteiger partial charge in [0.05, 0.1) is 0 Å². The molecule has 0 atom stereocenters. The number of ether oxygens (including phenoxy) is 2. The molecule has 0 unspecified atom stereocenters. The second-order valence-electron chi connectivity index (χ2n) is 3.46. The van der Waals surface area contributed by atoms with Crippen LogP contribution in [-0.2, 0) is 0 Å². The summed E-state index contributed by atoms with van der Waals surface area (Å²) in [6.45, 7) is 0. The van der Waals surface area contributed by atoms with Crippen molar-refractivity contribution in [3.8, 4) is 22.6 Å². The van der Waals surface area contributed by atoms with Gasteiger partial charge in [-0.1, -0.05) is 6.07 Å². The van der Waals surface area contributed by atoms with Gasteiger partial charge in [0.1, 0.15) is 6.33 Å². The molecule has 1 aromatic carbocycles. The number of alkyl halides is 2. The highest BCUT2D eigenvalue weighted by atomic mass is 19.3. The fourth-order valence-electron chi connectivity index (χ4n) is 1.58. The SMILES string of the molecule is FC1(F)Oc2ccc(-c3cncnc3)cc2O1. The zero-order valence-corrected chi connectivity index (χ0v) is 8.43. The lowest BCUT2D eigenvalue weighted by Gasteiger charge is -2.04. The summed E-state index contributed by atoms with van der Waals surface area (Å²) in [6, 6.07) is 4.54. The summed E-state index contributed by atoms with van der Waals surface area (Å²) in [5, 5.41) is 0. The Labute approximate surface area is 94.8 Å². The number of aromatic nitrogens is 2. The number of benzene rings is 1. The Kier molecular flexibility index (Phi) is 1.98. The summed E-state index contributed by atoms with van der Waals surface area (Å²) < 4.78 is 34.3. The van der Waals surface area contributed by atoms with Crippen LogP contribution in [0.5, 0.6) is 11.5 Å². The summed E-state index contributed by atoms with van der Waals surface area (Å²) in [7, 11) is 0. The minimum absolute atomic E-state index is 0.0105. The first-order chi connectivity index (χ1) is 8.14. The molecule has 2 heterocycles. The molecule has 0 saturated carbocycles. The van der Waals surface area contributed by atoms with Crippen LogP contribution in [0.15, 0.2) is 36.9 Å². The molecule has 2 aromatic rings. The van der Waals surface area contributed by atoms with E-state index >= 15 is 0 Å². The first kappa shape index (κ1) is 9.95. The van der Waals surface area contributed by atoms with Gasteiger partial charge in [0.2, 0.25) is 0 Å². The average Bonchev–Trinajstić information content (AvgIpc) is 2.63. The maximum Gasteiger partial charge on any atom is 0.586 e. The number of fused-ring (bicyclic) bond motifs is 1. The number of nitrogens with zero attached hydrogens (tertiary/aromatic N) is 2. The molecule has 0 amide bonds. The number of hydrogen-bond donors (Lipinski definition) is 0. The summed E-state index contributed by atoms with van der Waals surface area (Å²) in [5.41, 5.74) is 1.40. The minimum atomic E-state index is -3.59. The zero-order valence-electron chi connectivity index (χ0n) is 8.43. The van der Waals surface area contributed by atoms with Crippen molar-refractivity contribution in [3.63, 3.8) is 0 Å². The van der Waals surface area contributed by atoms with Crippen LogP contribution in [0.4, 0.5) is 8.78 Å². The highest BCUT2D eigenvalue weighted by molar-refractivity contribution is 5.66. The standard InChI is InChI=1S/C11H6F2N2O2/c12-11(13)16-9-2-1-7(3-10(9)17-11)8-4-14-6-15-5-8/h1-6H. The second-order valence-corrected chi connectivity index (χ2v) is 3.46. The van der Waals surface area contributed by atoms with Gasteiger partial charge < -0.3 is 9.47 Å². The first-order valence-electron chi connectivity index (χ1n) is 4.79. The fraction of sp³-hybridized carbons (Fsp3) is 0.0909. The topological polar surface area (TPSA) is 44.2 Å². The highest BCUT2D eigenvalue weighted by Gasteiger charge is 2.43. The average molecular weight is 236 g/mol. The van der Waals surface area contributed by atoms with E-state index in [1.54, 1.807) is 18.5 Å². The molecule has 1 aromatic heterocycles. The van der Waals surface area contributed by atoms with Crippen LogP contribution >= 0.6 is 0 Å². The van der Waals surface area contributed by atoms with Crippen molar-refractivity contribution in [2.45, 2.75) is 6.29 Å². The van der Waals surface area contributed by atoms with Crippen molar-refractivity contribution < 1.29 is 18.3 Å². The van der Waals surface area contributed by atoms with Gasteiger partial charge in [0.25, 0.3) is 0 Å². The fourth-order valence-corrected chi connectivity index (χ4v) is 1.58. The third kappa shape index (κ3) is 1.77. The predicted molar refractivity (Wildman–Crippen MR) is 53.7 cm³/mol. The van der Waals surface area contributed by atoms with Crippen molar-refractivity contribution in [2.24, 2.45) is 0 Å². The van der Waals surface area contributed by atoms with E-state index in [4.69, 9.17) is 0 Å². The molecule has 1 aliphatic rings. The number of halogens is 2. The molecule has 0 spiro atoms. The van der Waals surface area contributed by atoms with E-state index in [0.29, 0.717) is 11.1 Å². The van der Waals surface area contributed by atoms with Crippen LogP contribution in [0.2, 0.25) is 0 Å². The predicted octanol–water partition coefficient (Wildman–Crippen LogP) is 2.47. The first-order valence-corrected chi connectivity index (χ1v) is 4.79. The molecule has 0 bridgehead atoms. The van der Waals surface area contributed by atoms with Crippen LogP contribution in [0.3, 0.4) is 0 Å². The van der Waals surface area contributed by atoms with Crippen molar-refractivity contribution in [1.82, 2.24) is 9.97 Å². The van der Waals surface area contributed by atoms with Gasteiger partial charge in [-0.25, -0.2) is 9.97 Å². The van der Waals surface area contributed by atoms with E-state index in [0.717, 1.165) is 0 Å². The Morgan fingerprint density at radius 3 is 2.41 bits per heavy atom. The summed E-state index contributed by atoms with van der Waals surface area (Å²) >= 11 is 0. The van der Waals surface area contributed by atoms with E-state index in [1.165, 1.54) is 18.5 Å². The van der Waals surface area contributed by atoms with Gasteiger partial charge in [-0.3, -0.25) is 0 Å². The molecule has 17 heavy (non-hydrogen) atoms. The van der Waals surface area contributed by atoms with E-state index in [9.17, 15) is 8.78 Å². The molecular formula is C11H6F2N2O2.